The van der Waals surface area contributed by atoms with Crippen LogP contribution in [0.1, 0.15) is 22.5 Å². The average Bonchev–Trinajstić information content (AvgIpc) is 3.11. The number of hydrogen-bond acceptors (Lipinski definition) is 5. The fraction of sp³-hybridized carbons (Fsp3) is 0.263. The largest absolute Gasteiger partial charge is 0.471 e. The summed E-state index contributed by atoms with van der Waals surface area (Å²) in [5.41, 5.74) is 1.61. The van der Waals surface area contributed by atoms with Crippen LogP contribution in [-0.2, 0) is 0 Å². The van der Waals surface area contributed by atoms with Crippen molar-refractivity contribution in [3.05, 3.63) is 64.1 Å². The van der Waals surface area contributed by atoms with Gasteiger partial charge in [-0.25, -0.2) is 0 Å². The molecule has 1 unspecified atom stereocenters. The van der Waals surface area contributed by atoms with E-state index in [9.17, 15) is 9.59 Å². The zero-order valence-corrected chi connectivity index (χ0v) is 14.3. The second kappa shape index (κ2) is 6.59. The van der Waals surface area contributed by atoms with Crippen LogP contribution in [0.3, 0.4) is 0 Å². The summed E-state index contributed by atoms with van der Waals surface area (Å²) < 4.78 is 5.82. The van der Waals surface area contributed by atoms with Gasteiger partial charge in [0, 0.05) is 36.0 Å². The Morgan fingerprint density at radius 2 is 2.08 bits per heavy atom. The van der Waals surface area contributed by atoms with Gasteiger partial charge < -0.3 is 14.6 Å². The van der Waals surface area contributed by atoms with E-state index in [-0.39, 0.29) is 17.6 Å². The number of amides is 1. The maximum Gasteiger partial charge on any atom is 0.254 e. The van der Waals surface area contributed by atoms with Crippen LogP contribution in [0.25, 0.3) is 10.9 Å². The zero-order chi connectivity index (χ0) is 18.1. The number of carbonyl (C=O) groups excluding carboxylic acids is 1. The van der Waals surface area contributed by atoms with Gasteiger partial charge in [0.1, 0.15) is 6.10 Å². The molecule has 1 N–H and O–H groups in total. The molecule has 1 aliphatic rings. The minimum Gasteiger partial charge on any atom is -0.471 e. The van der Waals surface area contributed by atoms with E-state index < -0.39 is 0 Å². The molecule has 4 rings (SSSR count). The molecule has 1 aliphatic heterocycles. The number of benzene rings is 1. The van der Waals surface area contributed by atoms with Crippen LogP contribution in [0.4, 0.5) is 0 Å². The van der Waals surface area contributed by atoms with Gasteiger partial charge in [-0.1, -0.05) is 18.2 Å². The lowest BCUT2D eigenvalue weighted by atomic mass is 10.1. The first-order valence-electron chi connectivity index (χ1n) is 8.48. The molecule has 0 spiro atoms. The van der Waals surface area contributed by atoms with Crippen molar-refractivity contribution in [2.75, 3.05) is 13.1 Å². The number of fused-ring (bicyclic) bond motifs is 1. The van der Waals surface area contributed by atoms with Crippen LogP contribution >= 0.6 is 0 Å². The third kappa shape index (κ3) is 3.15. The minimum atomic E-state index is -0.283. The number of carbonyl (C=O) groups is 1. The minimum absolute atomic E-state index is 0.135. The molecule has 1 saturated heterocycles. The van der Waals surface area contributed by atoms with Crippen molar-refractivity contribution >= 4 is 16.8 Å². The normalized spacial score (nSPS) is 16.8. The summed E-state index contributed by atoms with van der Waals surface area (Å²) in [6, 6.07) is 12.3. The van der Waals surface area contributed by atoms with E-state index in [1.54, 1.807) is 17.0 Å². The molecule has 0 aliphatic carbocycles. The molecule has 7 heteroatoms. The summed E-state index contributed by atoms with van der Waals surface area (Å²) in [5, 5.41) is 8.72. The maximum atomic E-state index is 12.9. The molecular formula is C19H18N4O3. The maximum absolute atomic E-state index is 12.9. The first-order chi connectivity index (χ1) is 12.6. The van der Waals surface area contributed by atoms with Gasteiger partial charge in [-0.05, 0) is 19.1 Å². The molecule has 7 nitrogen and oxygen atoms in total. The van der Waals surface area contributed by atoms with Crippen LogP contribution in [0, 0.1) is 6.92 Å². The van der Waals surface area contributed by atoms with Crippen molar-refractivity contribution < 1.29 is 9.53 Å². The lowest BCUT2D eigenvalue weighted by molar-refractivity contribution is 0.0772. The Morgan fingerprint density at radius 3 is 2.88 bits per heavy atom. The number of likely N-dealkylation sites (tertiary alicyclic amines) is 1. The van der Waals surface area contributed by atoms with Crippen molar-refractivity contribution in [2.45, 2.75) is 19.4 Å². The third-order valence-corrected chi connectivity index (χ3v) is 4.47. The highest BCUT2D eigenvalue weighted by atomic mass is 16.5. The van der Waals surface area contributed by atoms with Crippen LogP contribution in [0.15, 0.2) is 47.3 Å². The van der Waals surface area contributed by atoms with Gasteiger partial charge in [0.15, 0.2) is 0 Å². The van der Waals surface area contributed by atoms with E-state index in [1.807, 2.05) is 31.2 Å². The second-order valence-corrected chi connectivity index (χ2v) is 6.39. The molecule has 3 heterocycles. The van der Waals surface area contributed by atoms with Crippen molar-refractivity contribution in [3.63, 3.8) is 0 Å². The van der Waals surface area contributed by atoms with E-state index in [4.69, 9.17) is 4.74 Å². The summed E-state index contributed by atoms with van der Waals surface area (Å²) in [5.74, 6) is 0.296. The monoisotopic (exact) mass is 350 g/mol. The Hall–Kier alpha value is -3.22. The molecular weight excluding hydrogens is 332 g/mol. The van der Waals surface area contributed by atoms with Gasteiger partial charge >= 0.3 is 0 Å². The predicted molar refractivity (Wildman–Crippen MR) is 96.3 cm³/mol. The molecule has 1 amide bonds. The first-order valence-corrected chi connectivity index (χ1v) is 8.48. The Kier molecular flexibility index (Phi) is 4.12. The summed E-state index contributed by atoms with van der Waals surface area (Å²) in [6.45, 7) is 2.89. The number of H-pyrrole nitrogens is 1. The Bertz CT molecular complexity index is 1010. The van der Waals surface area contributed by atoms with Crippen molar-refractivity contribution in [1.82, 2.24) is 20.1 Å². The van der Waals surface area contributed by atoms with Gasteiger partial charge in [0.2, 0.25) is 11.4 Å². The molecule has 26 heavy (non-hydrogen) atoms. The number of para-hydroxylation sites is 1. The van der Waals surface area contributed by atoms with Crippen LogP contribution in [0.2, 0.25) is 0 Å². The number of aryl methyl sites for hydroxylation is 1. The van der Waals surface area contributed by atoms with E-state index in [1.165, 1.54) is 6.07 Å². The Labute approximate surface area is 149 Å². The number of aromatic nitrogens is 3. The summed E-state index contributed by atoms with van der Waals surface area (Å²) >= 11 is 0. The van der Waals surface area contributed by atoms with Crippen molar-refractivity contribution in [2.24, 2.45) is 0 Å². The van der Waals surface area contributed by atoms with Crippen LogP contribution in [-0.4, -0.2) is 45.2 Å². The summed E-state index contributed by atoms with van der Waals surface area (Å²) in [4.78, 5) is 29.3. The number of rotatable bonds is 3. The van der Waals surface area contributed by atoms with Gasteiger partial charge in [-0.2, -0.15) is 5.10 Å². The number of hydrogen-bond donors (Lipinski definition) is 1. The molecule has 1 aromatic carbocycles. The lowest BCUT2D eigenvalue weighted by Crippen LogP contribution is -2.32. The molecule has 0 saturated carbocycles. The lowest BCUT2D eigenvalue weighted by Gasteiger charge is -2.17. The number of ether oxygens (including phenoxy) is 1. The molecule has 1 atom stereocenters. The van der Waals surface area contributed by atoms with Gasteiger partial charge in [0.05, 0.1) is 17.8 Å². The van der Waals surface area contributed by atoms with E-state index in [0.717, 1.165) is 11.1 Å². The molecule has 3 aromatic rings. The van der Waals surface area contributed by atoms with E-state index in [0.29, 0.717) is 36.5 Å². The SMILES string of the molecule is Cc1ccc(OC2CCN(C(=O)c3cc(=O)[nH]c4ccccc34)C2)nn1. The molecule has 132 valence electrons. The van der Waals surface area contributed by atoms with E-state index in [2.05, 4.69) is 15.2 Å². The summed E-state index contributed by atoms with van der Waals surface area (Å²) in [6.07, 6.45) is 0.576. The fourth-order valence-electron chi connectivity index (χ4n) is 3.18. The van der Waals surface area contributed by atoms with Crippen molar-refractivity contribution in [1.29, 1.82) is 0 Å². The Morgan fingerprint density at radius 1 is 1.23 bits per heavy atom. The third-order valence-electron chi connectivity index (χ3n) is 4.47. The number of nitrogens with one attached hydrogen (secondary N) is 1. The quantitative estimate of drug-likeness (QED) is 0.780. The topological polar surface area (TPSA) is 88.2 Å². The molecule has 1 fully saturated rings. The van der Waals surface area contributed by atoms with Gasteiger partial charge in [-0.3, -0.25) is 9.59 Å². The standard InChI is InChI=1S/C19H18N4O3/c1-12-6-7-18(22-21-12)26-13-8-9-23(11-13)19(25)15-10-17(24)20-16-5-3-2-4-14(15)16/h2-7,10,13H,8-9,11H2,1H3,(H,20,24). The first kappa shape index (κ1) is 16.3. The van der Waals surface area contributed by atoms with Gasteiger partial charge in [-0.15, -0.1) is 5.10 Å². The molecule has 2 aromatic heterocycles. The summed E-state index contributed by atoms with van der Waals surface area (Å²) in [7, 11) is 0. The van der Waals surface area contributed by atoms with Crippen LogP contribution < -0.4 is 10.3 Å². The fourth-order valence-corrected chi connectivity index (χ4v) is 3.18. The Balaban J connectivity index is 1.53. The number of aromatic amines is 1. The van der Waals surface area contributed by atoms with Crippen LogP contribution in [0.5, 0.6) is 5.88 Å². The smallest absolute Gasteiger partial charge is 0.254 e. The van der Waals surface area contributed by atoms with Crippen molar-refractivity contribution in [3.8, 4) is 5.88 Å². The highest BCUT2D eigenvalue weighted by molar-refractivity contribution is 6.06. The van der Waals surface area contributed by atoms with Gasteiger partial charge in [0.25, 0.3) is 5.91 Å². The second-order valence-electron chi connectivity index (χ2n) is 6.39. The highest BCUT2D eigenvalue weighted by Gasteiger charge is 2.29. The number of nitrogens with zero attached hydrogens (tertiary/aromatic N) is 3. The zero-order valence-electron chi connectivity index (χ0n) is 14.3. The average molecular weight is 350 g/mol. The molecule has 0 radical (unpaired) electrons. The van der Waals surface area contributed by atoms with E-state index >= 15 is 0 Å². The predicted octanol–water partition coefficient (Wildman–Crippen LogP) is 1.92. The number of pyridine rings is 1. The highest BCUT2D eigenvalue weighted by Crippen LogP contribution is 2.21. The molecule has 0 bridgehead atoms.